The van der Waals surface area contributed by atoms with Gasteiger partial charge < -0.3 is 0 Å². The number of halogens is 3. The molecule has 0 aliphatic rings. The Morgan fingerprint density at radius 2 is 2.00 bits per heavy atom. The van der Waals surface area contributed by atoms with Crippen LogP contribution in [0.5, 0.6) is 0 Å². The van der Waals surface area contributed by atoms with Gasteiger partial charge in [0.25, 0.3) is 0 Å². The molecule has 0 saturated carbocycles. The number of nitrogens with zero attached hydrogens (tertiary/aromatic N) is 2. The molecule has 4 nitrogen and oxygen atoms in total. The zero-order valence-corrected chi connectivity index (χ0v) is 8.32. The molecule has 2 rings (SSSR count). The molecule has 1 heterocycles. The molecule has 7 heteroatoms. The van der Waals surface area contributed by atoms with Crippen LogP contribution in [0, 0.1) is 4.91 Å². The van der Waals surface area contributed by atoms with Crippen molar-refractivity contribution in [2.24, 2.45) is 5.18 Å². The van der Waals surface area contributed by atoms with Gasteiger partial charge in [0.15, 0.2) is 0 Å². The number of nitrogens with one attached hydrogen (secondary N) is 1. The van der Waals surface area contributed by atoms with E-state index in [-0.39, 0.29) is 5.56 Å². The molecular formula is C10H6F3N3O. The number of aromatic amines is 1. The molecule has 88 valence electrons. The third kappa shape index (κ3) is 2.17. The zero-order valence-electron chi connectivity index (χ0n) is 8.32. The Kier molecular flexibility index (Phi) is 2.66. The summed E-state index contributed by atoms with van der Waals surface area (Å²) >= 11 is 0. The fourth-order valence-corrected chi connectivity index (χ4v) is 1.42. The summed E-state index contributed by atoms with van der Waals surface area (Å²) in [4.78, 5) is 10.3. The molecule has 17 heavy (non-hydrogen) atoms. The van der Waals surface area contributed by atoms with E-state index in [1.165, 1.54) is 18.3 Å². The van der Waals surface area contributed by atoms with Crippen LogP contribution in [-0.2, 0) is 6.18 Å². The fraction of sp³-hybridized carbons (Fsp3) is 0.100. The van der Waals surface area contributed by atoms with E-state index in [9.17, 15) is 18.1 Å². The Hall–Kier alpha value is -2.18. The molecule has 0 fully saturated rings. The normalized spacial score (nSPS) is 11.5. The van der Waals surface area contributed by atoms with Crippen LogP contribution in [0.4, 0.5) is 18.9 Å². The second kappa shape index (κ2) is 4.00. The molecule has 0 unspecified atom stereocenters. The second-order valence-corrected chi connectivity index (χ2v) is 3.28. The lowest BCUT2D eigenvalue weighted by atomic mass is 10.1. The van der Waals surface area contributed by atoms with E-state index in [0.717, 1.165) is 12.1 Å². The summed E-state index contributed by atoms with van der Waals surface area (Å²) in [5.74, 6) is 0. The van der Waals surface area contributed by atoms with Crippen LogP contribution in [0.25, 0.3) is 11.3 Å². The standard InChI is InChI=1S/C10H6F3N3O/c11-10(12,13)7-5-6(1-2-9(7)16-17)8-3-4-14-15-8/h1-5H,(H,14,15). The van der Waals surface area contributed by atoms with E-state index in [0.29, 0.717) is 5.69 Å². The van der Waals surface area contributed by atoms with Crippen molar-refractivity contribution < 1.29 is 13.2 Å². The van der Waals surface area contributed by atoms with E-state index >= 15 is 0 Å². The van der Waals surface area contributed by atoms with Gasteiger partial charge in [0.05, 0.1) is 11.3 Å². The highest BCUT2D eigenvalue weighted by molar-refractivity contribution is 5.64. The van der Waals surface area contributed by atoms with Gasteiger partial charge in [-0.3, -0.25) is 5.10 Å². The van der Waals surface area contributed by atoms with E-state index in [2.05, 4.69) is 15.4 Å². The van der Waals surface area contributed by atoms with Crippen LogP contribution in [0.1, 0.15) is 5.56 Å². The van der Waals surface area contributed by atoms with Gasteiger partial charge in [-0.05, 0) is 23.4 Å². The zero-order chi connectivity index (χ0) is 12.5. The summed E-state index contributed by atoms with van der Waals surface area (Å²) in [6, 6.07) is 4.78. The predicted molar refractivity (Wildman–Crippen MR) is 54.5 cm³/mol. The number of hydrogen-bond acceptors (Lipinski definition) is 3. The minimum Gasteiger partial charge on any atom is -0.285 e. The summed E-state index contributed by atoms with van der Waals surface area (Å²) in [5, 5.41) is 8.62. The Labute approximate surface area is 93.4 Å². The molecule has 0 amide bonds. The first-order valence-corrected chi connectivity index (χ1v) is 4.57. The van der Waals surface area contributed by atoms with E-state index in [4.69, 9.17) is 0 Å². The Balaban J connectivity index is 2.57. The number of H-pyrrole nitrogens is 1. The van der Waals surface area contributed by atoms with Crippen LogP contribution in [0.2, 0.25) is 0 Å². The summed E-state index contributed by atoms with van der Waals surface area (Å²) < 4.78 is 37.9. The molecule has 1 aromatic carbocycles. The lowest BCUT2D eigenvalue weighted by molar-refractivity contribution is -0.137. The van der Waals surface area contributed by atoms with Gasteiger partial charge >= 0.3 is 6.18 Å². The van der Waals surface area contributed by atoms with Gasteiger partial charge in [0, 0.05) is 11.8 Å². The monoisotopic (exact) mass is 241 g/mol. The van der Waals surface area contributed by atoms with Crippen molar-refractivity contribution in [2.45, 2.75) is 6.18 Å². The highest BCUT2D eigenvalue weighted by Gasteiger charge is 2.34. The summed E-state index contributed by atoms with van der Waals surface area (Å²) in [6.07, 6.45) is -3.12. The van der Waals surface area contributed by atoms with Gasteiger partial charge in [0.1, 0.15) is 5.69 Å². The number of alkyl halides is 3. The minimum atomic E-state index is -4.62. The van der Waals surface area contributed by atoms with Crippen molar-refractivity contribution in [1.29, 1.82) is 0 Å². The van der Waals surface area contributed by atoms with Gasteiger partial charge in [0.2, 0.25) is 0 Å². The van der Waals surface area contributed by atoms with Crippen molar-refractivity contribution in [2.75, 3.05) is 0 Å². The van der Waals surface area contributed by atoms with Crippen LogP contribution in [0.15, 0.2) is 35.6 Å². The second-order valence-electron chi connectivity index (χ2n) is 3.28. The van der Waals surface area contributed by atoms with E-state index in [1.807, 2.05) is 0 Å². The maximum atomic E-state index is 12.6. The lowest BCUT2D eigenvalue weighted by Gasteiger charge is -2.09. The van der Waals surface area contributed by atoms with Gasteiger partial charge in [-0.25, -0.2) is 0 Å². The third-order valence-electron chi connectivity index (χ3n) is 2.20. The first kappa shape index (κ1) is 11.3. The Bertz CT molecular complexity index is 534. The average Bonchev–Trinajstić information content (AvgIpc) is 2.80. The minimum absolute atomic E-state index is 0.269. The first-order chi connectivity index (χ1) is 8.02. The smallest absolute Gasteiger partial charge is 0.285 e. The number of rotatable bonds is 2. The summed E-state index contributed by atoms with van der Waals surface area (Å²) in [5.41, 5.74) is -1.05. The molecule has 2 aromatic rings. The third-order valence-corrected chi connectivity index (χ3v) is 2.20. The quantitative estimate of drug-likeness (QED) is 0.818. The predicted octanol–water partition coefficient (Wildman–Crippen LogP) is 3.49. The molecule has 0 aliphatic heterocycles. The maximum absolute atomic E-state index is 12.6. The van der Waals surface area contributed by atoms with Crippen molar-refractivity contribution in [3.05, 3.63) is 40.9 Å². The number of benzene rings is 1. The van der Waals surface area contributed by atoms with E-state index in [1.54, 1.807) is 0 Å². The first-order valence-electron chi connectivity index (χ1n) is 4.57. The van der Waals surface area contributed by atoms with Crippen molar-refractivity contribution in [1.82, 2.24) is 10.2 Å². The fourth-order valence-electron chi connectivity index (χ4n) is 1.42. The number of nitroso groups, excluding NO2 is 1. The van der Waals surface area contributed by atoms with Crippen LogP contribution in [-0.4, -0.2) is 10.2 Å². The van der Waals surface area contributed by atoms with Crippen LogP contribution in [0.3, 0.4) is 0 Å². The average molecular weight is 241 g/mol. The van der Waals surface area contributed by atoms with Crippen LogP contribution >= 0.6 is 0 Å². The molecule has 0 atom stereocenters. The van der Waals surface area contributed by atoms with Crippen molar-refractivity contribution in [3.63, 3.8) is 0 Å². The SMILES string of the molecule is O=Nc1ccc(-c2cc[nH]n2)cc1C(F)(F)F. The molecule has 1 aromatic heterocycles. The van der Waals surface area contributed by atoms with Gasteiger partial charge in [-0.15, -0.1) is 4.91 Å². The molecule has 1 N–H and O–H groups in total. The molecule has 0 aliphatic carbocycles. The molecule has 0 radical (unpaired) electrons. The van der Waals surface area contributed by atoms with Gasteiger partial charge in [-0.2, -0.15) is 18.3 Å². The van der Waals surface area contributed by atoms with E-state index < -0.39 is 17.4 Å². The largest absolute Gasteiger partial charge is 0.418 e. The molecule has 0 saturated heterocycles. The molecule has 0 spiro atoms. The summed E-state index contributed by atoms with van der Waals surface area (Å²) in [6.45, 7) is 0. The highest BCUT2D eigenvalue weighted by atomic mass is 19.4. The lowest BCUT2D eigenvalue weighted by Crippen LogP contribution is -2.05. The molecule has 0 bridgehead atoms. The summed E-state index contributed by atoms with van der Waals surface area (Å²) in [7, 11) is 0. The Morgan fingerprint density at radius 3 is 2.53 bits per heavy atom. The maximum Gasteiger partial charge on any atom is 0.418 e. The van der Waals surface area contributed by atoms with Crippen molar-refractivity contribution in [3.8, 4) is 11.3 Å². The molecular weight excluding hydrogens is 235 g/mol. The van der Waals surface area contributed by atoms with Crippen LogP contribution < -0.4 is 0 Å². The van der Waals surface area contributed by atoms with Gasteiger partial charge in [-0.1, -0.05) is 6.07 Å². The number of hydrogen-bond donors (Lipinski definition) is 1. The topological polar surface area (TPSA) is 58.1 Å². The highest BCUT2D eigenvalue weighted by Crippen LogP contribution is 2.38. The number of aromatic nitrogens is 2. The van der Waals surface area contributed by atoms with Crippen molar-refractivity contribution >= 4 is 5.69 Å². The Morgan fingerprint density at radius 1 is 1.24 bits per heavy atom.